The predicted molar refractivity (Wildman–Crippen MR) is 93.0 cm³/mol. The van der Waals surface area contributed by atoms with Crippen molar-refractivity contribution in [1.82, 2.24) is 0 Å². The lowest BCUT2D eigenvalue weighted by Gasteiger charge is -2.24. The second kappa shape index (κ2) is 7.44. The first-order chi connectivity index (χ1) is 12.2. The molecular weight excluding hydrogens is 362 g/mol. The summed E-state index contributed by atoms with van der Waals surface area (Å²) in [5.74, 6) is -1.96. The fourth-order valence-electron chi connectivity index (χ4n) is 2.28. The van der Waals surface area contributed by atoms with Crippen molar-refractivity contribution in [3.05, 3.63) is 53.9 Å². The fourth-order valence-corrected chi connectivity index (χ4v) is 2.92. The normalized spacial score (nSPS) is 14.2. The van der Waals surface area contributed by atoms with Crippen LogP contribution in [-0.4, -0.2) is 45.9 Å². The van der Waals surface area contributed by atoms with Gasteiger partial charge in [0.25, 0.3) is 0 Å². The Morgan fingerprint density at radius 3 is 2.31 bits per heavy atom. The molecule has 9 heteroatoms. The SMILES string of the molecule is COC(=O)C1=C(C(=O)OC)N(c2cc(S(C)(=O)=O)ccc2O)C=CC=C1. The highest BCUT2D eigenvalue weighted by atomic mass is 32.2. The number of carbonyl (C=O) groups is 2. The number of ether oxygens (including phenoxy) is 2. The average Bonchev–Trinajstić information content (AvgIpc) is 2.82. The van der Waals surface area contributed by atoms with Crippen LogP contribution >= 0.6 is 0 Å². The van der Waals surface area contributed by atoms with E-state index in [0.717, 1.165) is 20.5 Å². The zero-order valence-corrected chi connectivity index (χ0v) is 15.1. The van der Waals surface area contributed by atoms with Gasteiger partial charge in [-0.2, -0.15) is 0 Å². The molecule has 1 aliphatic rings. The number of esters is 2. The predicted octanol–water partition coefficient (Wildman–Crippen LogP) is 1.29. The molecule has 26 heavy (non-hydrogen) atoms. The van der Waals surface area contributed by atoms with E-state index in [9.17, 15) is 23.1 Å². The molecule has 0 fully saturated rings. The van der Waals surface area contributed by atoms with Crippen LogP contribution in [0.15, 0.2) is 58.8 Å². The van der Waals surface area contributed by atoms with Crippen LogP contribution in [0.25, 0.3) is 0 Å². The molecule has 0 spiro atoms. The number of rotatable bonds is 4. The van der Waals surface area contributed by atoms with E-state index in [1.807, 2.05) is 0 Å². The van der Waals surface area contributed by atoms with Crippen molar-refractivity contribution < 1.29 is 32.6 Å². The highest BCUT2D eigenvalue weighted by molar-refractivity contribution is 7.90. The summed E-state index contributed by atoms with van der Waals surface area (Å²) in [4.78, 5) is 25.5. The lowest BCUT2D eigenvalue weighted by atomic mass is 10.1. The number of aromatic hydroxyl groups is 1. The van der Waals surface area contributed by atoms with Crippen LogP contribution in [0.3, 0.4) is 0 Å². The summed E-state index contributed by atoms with van der Waals surface area (Å²) < 4.78 is 33.1. The Hall–Kier alpha value is -3.07. The standard InChI is InChI=1S/C17H17NO7S/c1-24-16(20)12-6-4-5-9-18(15(12)17(21)25-2)13-10-11(26(3,22)23)7-8-14(13)19/h4-10,19H,1-3H3. The van der Waals surface area contributed by atoms with Crippen molar-refractivity contribution in [2.24, 2.45) is 0 Å². The summed E-state index contributed by atoms with van der Waals surface area (Å²) in [7, 11) is -1.28. The molecule has 1 aliphatic heterocycles. The van der Waals surface area contributed by atoms with Crippen molar-refractivity contribution in [1.29, 1.82) is 0 Å². The summed E-state index contributed by atoms with van der Waals surface area (Å²) in [5.41, 5.74) is -0.367. The molecule has 0 amide bonds. The van der Waals surface area contributed by atoms with Crippen LogP contribution in [0.4, 0.5) is 5.69 Å². The number of benzene rings is 1. The Labute approximate surface area is 150 Å². The molecule has 0 radical (unpaired) electrons. The van der Waals surface area contributed by atoms with Gasteiger partial charge < -0.3 is 19.5 Å². The topological polar surface area (TPSA) is 110 Å². The third kappa shape index (κ3) is 3.77. The number of carbonyl (C=O) groups excluding carboxylic acids is 2. The number of methoxy groups -OCH3 is 2. The third-order valence-corrected chi connectivity index (χ3v) is 4.63. The van der Waals surface area contributed by atoms with Gasteiger partial charge in [-0.25, -0.2) is 18.0 Å². The molecule has 1 aromatic carbocycles. The largest absolute Gasteiger partial charge is 0.506 e. The summed E-state index contributed by atoms with van der Waals surface area (Å²) in [6, 6.07) is 3.61. The first kappa shape index (κ1) is 19.3. The lowest BCUT2D eigenvalue weighted by Crippen LogP contribution is -2.27. The van der Waals surface area contributed by atoms with E-state index >= 15 is 0 Å². The van der Waals surface area contributed by atoms with Crippen molar-refractivity contribution in [2.45, 2.75) is 4.90 Å². The van der Waals surface area contributed by atoms with Crippen LogP contribution in [0.2, 0.25) is 0 Å². The van der Waals surface area contributed by atoms with Crippen LogP contribution in [0, 0.1) is 0 Å². The van der Waals surface area contributed by atoms with Gasteiger partial charge in [0.15, 0.2) is 9.84 Å². The Morgan fingerprint density at radius 2 is 1.73 bits per heavy atom. The van der Waals surface area contributed by atoms with Gasteiger partial charge in [0.05, 0.1) is 30.4 Å². The first-order valence-corrected chi connectivity index (χ1v) is 9.18. The molecule has 1 aromatic rings. The molecule has 2 rings (SSSR count). The van der Waals surface area contributed by atoms with Gasteiger partial charge in [-0.1, -0.05) is 6.08 Å². The number of nitrogens with zero attached hydrogens (tertiary/aromatic N) is 1. The zero-order valence-electron chi connectivity index (χ0n) is 14.3. The second-order valence-corrected chi connectivity index (χ2v) is 7.25. The molecule has 0 saturated carbocycles. The minimum atomic E-state index is -3.57. The number of phenols is 1. The van der Waals surface area contributed by atoms with E-state index in [0.29, 0.717) is 0 Å². The maximum atomic E-state index is 12.3. The van der Waals surface area contributed by atoms with Crippen molar-refractivity contribution in [3.63, 3.8) is 0 Å². The van der Waals surface area contributed by atoms with E-state index in [2.05, 4.69) is 0 Å². The van der Waals surface area contributed by atoms with Gasteiger partial charge in [-0.3, -0.25) is 0 Å². The molecule has 0 saturated heterocycles. The maximum Gasteiger partial charge on any atom is 0.355 e. The van der Waals surface area contributed by atoms with Crippen LogP contribution in [0.5, 0.6) is 5.75 Å². The lowest BCUT2D eigenvalue weighted by molar-refractivity contribution is -0.139. The summed E-state index contributed by atoms with van der Waals surface area (Å²) in [5, 5.41) is 10.2. The second-order valence-electron chi connectivity index (χ2n) is 5.24. The molecule has 0 bridgehead atoms. The van der Waals surface area contributed by atoms with E-state index in [1.165, 1.54) is 47.5 Å². The molecule has 8 nitrogen and oxygen atoms in total. The van der Waals surface area contributed by atoms with Gasteiger partial charge in [-0.05, 0) is 30.4 Å². The monoisotopic (exact) mass is 379 g/mol. The molecule has 1 N–H and O–H groups in total. The Bertz CT molecular complexity index is 942. The van der Waals surface area contributed by atoms with E-state index in [4.69, 9.17) is 9.47 Å². The van der Waals surface area contributed by atoms with Crippen molar-refractivity contribution in [2.75, 3.05) is 25.4 Å². The Morgan fingerprint density at radius 1 is 1.08 bits per heavy atom. The summed E-state index contributed by atoms with van der Waals surface area (Å²) in [6.45, 7) is 0. The number of anilines is 1. The molecular formula is C17H17NO7S. The third-order valence-electron chi connectivity index (χ3n) is 3.52. The molecule has 0 aromatic heterocycles. The van der Waals surface area contributed by atoms with E-state index in [1.54, 1.807) is 0 Å². The van der Waals surface area contributed by atoms with Gasteiger partial charge in [0.1, 0.15) is 11.4 Å². The van der Waals surface area contributed by atoms with E-state index < -0.39 is 21.8 Å². The number of phenolic OH excluding ortho intramolecular Hbond substituents is 1. The van der Waals surface area contributed by atoms with Crippen LogP contribution in [0.1, 0.15) is 0 Å². The quantitative estimate of drug-likeness (QED) is 0.779. The number of allylic oxidation sites excluding steroid dienone is 2. The number of hydrogen-bond acceptors (Lipinski definition) is 8. The highest BCUT2D eigenvalue weighted by Gasteiger charge is 2.29. The number of hydrogen-bond donors (Lipinski definition) is 1. The van der Waals surface area contributed by atoms with Gasteiger partial charge in [-0.15, -0.1) is 0 Å². The van der Waals surface area contributed by atoms with Crippen molar-refractivity contribution >= 4 is 27.5 Å². The van der Waals surface area contributed by atoms with Gasteiger partial charge in [0, 0.05) is 12.5 Å². The number of sulfone groups is 1. The highest BCUT2D eigenvalue weighted by Crippen LogP contribution is 2.35. The maximum absolute atomic E-state index is 12.3. The minimum absolute atomic E-state index is 0.0188. The molecule has 0 aliphatic carbocycles. The van der Waals surface area contributed by atoms with Crippen LogP contribution in [-0.2, 0) is 28.9 Å². The smallest absolute Gasteiger partial charge is 0.355 e. The summed E-state index contributed by atoms with van der Waals surface area (Å²) >= 11 is 0. The average molecular weight is 379 g/mol. The molecule has 0 atom stereocenters. The van der Waals surface area contributed by atoms with Gasteiger partial charge in [0.2, 0.25) is 0 Å². The van der Waals surface area contributed by atoms with Gasteiger partial charge >= 0.3 is 11.9 Å². The molecule has 0 unspecified atom stereocenters. The Balaban J connectivity index is 2.77. The Kier molecular flexibility index (Phi) is 5.51. The molecule has 138 valence electrons. The van der Waals surface area contributed by atoms with Crippen LogP contribution < -0.4 is 4.90 Å². The fraction of sp³-hybridized carbons (Fsp3) is 0.176. The minimum Gasteiger partial charge on any atom is -0.506 e. The first-order valence-electron chi connectivity index (χ1n) is 7.28. The zero-order chi connectivity index (χ0) is 19.5. The van der Waals surface area contributed by atoms with Crippen molar-refractivity contribution in [3.8, 4) is 5.75 Å². The summed E-state index contributed by atoms with van der Waals surface area (Å²) in [6.07, 6.45) is 6.75. The van der Waals surface area contributed by atoms with E-state index in [-0.39, 0.29) is 27.6 Å². The molecule has 1 heterocycles.